The van der Waals surface area contributed by atoms with E-state index in [0.717, 1.165) is 43.1 Å². The number of carbonyl (C=O) groups excluding carboxylic acids is 1. The van der Waals surface area contributed by atoms with E-state index in [0.29, 0.717) is 12.1 Å². The Morgan fingerprint density at radius 2 is 2.15 bits per heavy atom. The number of H-pyrrole nitrogens is 1. The highest BCUT2D eigenvalue weighted by atomic mass is 35.5. The van der Waals surface area contributed by atoms with Crippen LogP contribution in [-0.4, -0.2) is 32.2 Å². The molecule has 27 heavy (non-hydrogen) atoms. The van der Waals surface area contributed by atoms with Crippen LogP contribution >= 0.6 is 24.8 Å². The number of imidazole rings is 1. The van der Waals surface area contributed by atoms with Crippen molar-refractivity contribution in [1.29, 1.82) is 0 Å². The Kier molecular flexibility index (Phi) is 7.41. The van der Waals surface area contributed by atoms with Gasteiger partial charge < -0.3 is 15.6 Å². The van der Waals surface area contributed by atoms with E-state index in [9.17, 15) is 4.79 Å². The van der Waals surface area contributed by atoms with Crippen LogP contribution in [0.4, 0.5) is 0 Å². The summed E-state index contributed by atoms with van der Waals surface area (Å²) >= 11 is 0. The average molecular weight is 409 g/mol. The molecule has 0 atom stereocenters. The molecule has 3 heterocycles. The molecule has 0 saturated heterocycles. The topological polar surface area (TPSA) is 87.6 Å². The lowest BCUT2D eigenvalue weighted by molar-refractivity contribution is 0.0950. The first kappa shape index (κ1) is 21.0. The zero-order valence-electron chi connectivity index (χ0n) is 14.6. The zero-order chi connectivity index (χ0) is 17.1. The lowest BCUT2D eigenvalue weighted by Crippen LogP contribution is -2.23. The van der Waals surface area contributed by atoms with Crippen LogP contribution in [0.2, 0.25) is 0 Å². The summed E-state index contributed by atoms with van der Waals surface area (Å²) in [5, 5.41) is 10.9. The van der Waals surface area contributed by atoms with Crippen LogP contribution < -0.4 is 10.6 Å². The summed E-state index contributed by atoms with van der Waals surface area (Å²) in [6.07, 6.45) is 4.53. The number of halogens is 2. The Morgan fingerprint density at radius 1 is 1.26 bits per heavy atom. The number of benzene rings is 1. The smallest absolute Gasteiger partial charge is 0.251 e. The fourth-order valence-electron chi connectivity index (χ4n) is 3.01. The lowest BCUT2D eigenvalue weighted by Gasteiger charge is -2.05. The molecule has 0 saturated carbocycles. The number of nitrogens with zero attached hydrogens (tertiary/aromatic N) is 3. The third-order valence-corrected chi connectivity index (χ3v) is 4.27. The third kappa shape index (κ3) is 4.88. The molecule has 0 bridgehead atoms. The quantitative estimate of drug-likeness (QED) is 0.618. The van der Waals surface area contributed by atoms with Gasteiger partial charge in [0.25, 0.3) is 5.91 Å². The van der Waals surface area contributed by atoms with Crippen LogP contribution in [0.15, 0.2) is 42.7 Å². The molecule has 0 spiro atoms. The minimum absolute atomic E-state index is 0. The van der Waals surface area contributed by atoms with E-state index in [1.807, 2.05) is 22.9 Å². The van der Waals surface area contributed by atoms with Crippen molar-refractivity contribution in [2.75, 3.05) is 6.54 Å². The Morgan fingerprint density at radius 3 is 2.96 bits per heavy atom. The molecule has 144 valence electrons. The number of fused-ring (bicyclic) bond motifs is 1. The molecular weight excluding hydrogens is 387 g/mol. The second kappa shape index (κ2) is 9.55. The number of hydrogen-bond donors (Lipinski definition) is 3. The van der Waals surface area contributed by atoms with Gasteiger partial charge in [-0.05, 0) is 31.2 Å². The average Bonchev–Trinajstić information content (AvgIpc) is 3.26. The van der Waals surface area contributed by atoms with Gasteiger partial charge in [0.15, 0.2) is 0 Å². The molecule has 3 aromatic rings. The molecule has 7 nitrogen and oxygen atoms in total. The van der Waals surface area contributed by atoms with Crippen molar-refractivity contribution in [2.45, 2.75) is 26.1 Å². The number of aromatic amines is 1. The highest BCUT2D eigenvalue weighted by molar-refractivity contribution is 5.95. The summed E-state index contributed by atoms with van der Waals surface area (Å²) in [6, 6.07) is 9.47. The van der Waals surface area contributed by atoms with Gasteiger partial charge in [-0.2, -0.15) is 5.10 Å². The highest BCUT2D eigenvalue weighted by Gasteiger charge is 2.12. The van der Waals surface area contributed by atoms with Gasteiger partial charge in [-0.25, -0.2) is 4.98 Å². The largest absolute Gasteiger partial charge is 0.346 e. The van der Waals surface area contributed by atoms with Crippen LogP contribution in [0, 0.1) is 0 Å². The van der Waals surface area contributed by atoms with Crippen molar-refractivity contribution >= 4 is 30.7 Å². The summed E-state index contributed by atoms with van der Waals surface area (Å²) in [6.45, 7) is 3.18. The van der Waals surface area contributed by atoms with Gasteiger partial charge in [0.05, 0.1) is 17.9 Å². The van der Waals surface area contributed by atoms with E-state index in [1.165, 1.54) is 5.69 Å². The summed E-state index contributed by atoms with van der Waals surface area (Å²) in [4.78, 5) is 19.7. The monoisotopic (exact) mass is 408 g/mol. The van der Waals surface area contributed by atoms with Crippen molar-refractivity contribution in [3.63, 3.8) is 0 Å². The minimum atomic E-state index is -0.116. The molecule has 0 aliphatic carbocycles. The number of amides is 1. The van der Waals surface area contributed by atoms with E-state index in [-0.39, 0.29) is 30.7 Å². The van der Waals surface area contributed by atoms with E-state index < -0.39 is 0 Å². The summed E-state index contributed by atoms with van der Waals surface area (Å²) in [5.74, 6) is 0.634. The minimum Gasteiger partial charge on any atom is -0.346 e. The van der Waals surface area contributed by atoms with Crippen LogP contribution in [0.25, 0.3) is 11.4 Å². The maximum absolute atomic E-state index is 12.4. The molecule has 3 N–H and O–H groups in total. The molecule has 1 aliphatic rings. The van der Waals surface area contributed by atoms with Crippen molar-refractivity contribution in [1.82, 2.24) is 30.4 Å². The Balaban J connectivity index is 0.00000131. The van der Waals surface area contributed by atoms with E-state index in [1.54, 1.807) is 18.5 Å². The summed E-state index contributed by atoms with van der Waals surface area (Å²) in [7, 11) is 0. The molecule has 2 aromatic heterocycles. The standard InChI is InChI=1S/C18H20N6O.2ClH/c25-18(14-4-1-3-13(9-14)17-20-6-7-21-17)22-11-15-10-16-12-19-5-2-8-24(16)23-15;;/h1,3-4,6-7,9-10,19H,2,5,8,11-12H2,(H,20,21)(H,22,25);2*1H. The molecule has 1 aromatic carbocycles. The molecule has 1 amide bonds. The third-order valence-electron chi connectivity index (χ3n) is 4.27. The lowest BCUT2D eigenvalue weighted by atomic mass is 10.1. The van der Waals surface area contributed by atoms with Crippen molar-refractivity contribution < 1.29 is 4.79 Å². The van der Waals surface area contributed by atoms with Crippen LogP contribution in [0.1, 0.15) is 28.2 Å². The predicted octanol–water partition coefficient (Wildman–Crippen LogP) is 2.54. The zero-order valence-corrected chi connectivity index (χ0v) is 16.3. The Bertz CT molecular complexity index is 854. The fraction of sp³-hybridized carbons (Fsp3) is 0.278. The Labute approximate surface area is 169 Å². The van der Waals surface area contributed by atoms with E-state index in [2.05, 4.69) is 31.8 Å². The number of carbonyl (C=O) groups is 1. The van der Waals surface area contributed by atoms with Crippen LogP contribution in [0.3, 0.4) is 0 Å². The molecule has 1 aliphatic heterocycles. The number of nitrogens with one attached hydrogen (secondary N) is 3. The summed E-state index contributed by atoms with van der Waals surface area (Å²) in [5.41, 5.74) is 3.55. The second-order valence-corrected chi connectivity index (χ2v) is 6.08. The first-order valence-corrected chi connectivity index (χ1v) is 8.44. The first-order valence-electron chi connectivity index (χ1n) is 8.44. The second-order valence-electron chi connectivity index (χ2n) is 6.08. The number of aromatic nitrogens is 4. The van der Waals surface area contributed by atoms with Crippen molar-refractivity contribution in [3.8, 4) is 11.4 Å². The molecule has 0 radical (unpaired) electrons. The van der Waals surface area contributed by atoms with Crippen LogP contribution in [0.5, 0.6) is 0 Å². The van der Waals surface area contributed by atoms with Crippen molar-refractivity contribution in [2.24, 2.45) is 0 Å². The van der Waals surface area contributed by atoms with Gasteiger partial charge in [0.1, 0.15) is 5.82 Å². The van der Waals surface area contributed by atoms with Crippen LogP contribution in [-0.2, 0) is 19.6 Å². The van der Waals surface area contributed by atoms with Crippen molar-refractivity contribution in [3.05, 3.63) is 59.7 Å². The number of aryl methyl sites for hydroxylation is 1. The normalized spacial score (nSPS) is 12.9. The molecule has 0 unspecified atom stereocenters. The maximum atomic E-state index is 12.4. The van der Waals surface area contributed by atoms with E-state index >= 15 is 0 Å². The predicted molar refractivity (Wildman–Crippen MR) is 108 cm³/mol. The SMILES string of the molecule is Cl.Cl.O=C(NCc1cc2n(n1)CCCNC2)c1cccc(-c2ncc[nH]2)c1. The number of hydrogen-bond acceptors (Lipinski definition) is 4. The molecule has 4 rings (SSSR count). The fourth-order valence-corrected chi connectivity index (χ4v) is 3.01. The van der Waals surface area contributed by atoms with Gasteiger partial charge >= 0.3 is 0 Å². The molecule has 9 heteroatoms. The molecular formula is C18H22Cl2N6O. The summed E-state index contributed by atoms with van der Waals surface area (Å²) < 4.78 is 2.03. The van der Waals surface area contributed by atoms with E-state index in [4.69, 9.17) is 0 Å². The van der Waals surface area contributed by atoms with Gasteiger partial charge in [-0.3, -0.25) is 9.48 Å². The van der Waals surface area contributed by atoms with Gasteiger partial charge in [-0.15, -0.1) is 24.8 Å². The van der Waals surface area contributed by atoms with Gasteiger partial charge in [0.2, 0.25) is 0 Å². The highest BCUT2D eigenvalue weighted by Crippen LogP contribution is 2.16. The van der Waals surface area contributed by atoms with Gasteiger partial charge in [-0.1, -0.05) is 12.1 Å². The van der Waals surface area contributed by atoms with Gasteiger partial charge in [0, 0.05) is 36.6 Å². The maximum Gasteiger partial charge on any atom is 0.251 e. The number of rotatable bonds is 4. The molecule has 0 fully saturated rings. The first-order chi connectivity index (χ1) is 12.3. The Hall–Kier alpha value is -2.35.